The summed E-state index contributed by atoms with van der Waals surface area (Å²) in [6.07, 6.45) is 2.36. The molecule has 192 valence electrons. The van der Waals surface area contributed by atoms with Crippen LogP contribution in [0.5, 0.6) is 0 Å². The number of hydrogen-bond acceptors (Lipinski definition) is 4. The number of benzene rings is 2. The normalized spacial score (nSPS) is 12.7. The molecule has 0 radical (unpaired) electrons. The predicted molar refractivity (Wildman–Crippen MR) is 137 cm³/mol. The highest BCUT2D eigenvalue weighted by atomic mass is 19.1. The number of hydrogen-bond donors (Lipinski definition) is 3. The first-order chi connectivity index (χ1) is 16.9. The summed E-state index contributed by atoms with van der Waals surface area (Å²) in [6, 6.07) is 15.4. The van der Waals surface area contributed by atoms with Crippen molar-refractivity contribution in [2.24, 2.45) is 0 Å². The number of amides is 2. The fraction of sp³-hybridized carbons (Fsp3) is 0.500. The van der Waals surface area contributed by atoms with Crippen LogP contribution in [0.15, 0.2) is 54.6 Å². The molecule has 6 nitrogen and oxygen atoms in total. The molecule has 35 heavy (non-hydrogen) atoms. The molecule has 0 aliphatic heterocycles. The topological polar surface area (TPSA) is 81.7 Å². The highest BCUT2D eigenvalue weighted by Crippen LogP contribution is 2.10. The molecule has 0 unspecified atom stereocenters. The van der Waals surface area contributed by atoms with Crippen LogP contribution in [0.25, 0.3) is 0 Å². The lowest BCUT2D eigenvalue weighted by Gasteiger charge is -2.25. The summed E-state index contributed by atoms with van der Waals surface area (Å²) in [5.74, 6) is -0.455. The van der Waals surface area contributed by atoms with Gasteiger partial charge in [0.05, 0.1) is 12.1 Å². The van der Waals surface area contributed by atoms with Crippen molar-refractivity contribution in [1.82, 2.24) is 15.5 Å². The first kappa shape index (κ1) is 28.5. The summed E-state index contributed by atoms with van der Waals surface area (Å²) in [5, 5.41) is 17.0. The summed E-state index contributed by atoms with van der Waals surface area (Å²) in [4.78, 5) is 27.0. The Morgan fingerprint density at radius 3 is 2.23 bits per heavy atom. The van der Waals surface area contributed by atoms with E-state index in [1.165, 1.54) is 12.1 Å². The van der Waals surface area contributed by atoms with E-state index in [1.54, 1.807) is 12.1 Å². The van der Waals surface area contributed by atoms with Gasteiger partial charge in [0.2, 0.25) is 11.8 Å². The summed E-state index contributed by atoms with van der Waals surface area (Å²) >= 11 is 0. The lowest BCUT2D eigenvalue weighted by Crippen LogP contribution is -2.48. The molecule has 0 saturated carbocycles. The minimum absolute atomic E-state index is 0.0782. The highest BCUT2D eigenvalue weighted by molar-refractivity contribution is 5.79. The van der Waals surface area contributed by atoms with Gasteiger partial charge in [-0.25, -0.2) is 4.39 Å². The van der Waals surface area contributed by atoms with Crippen molar-refractivity contribution in [3.8, 4) is 0 Å². The van der Waals surface area contributed by atoms with E-state index in [0.29, 0.717) is 32.4 Å². The van der Waals surface area contributed by atoms with Crippen LogP contribution >= 0.6 is 0 Å². The van der Waals surface area contributed by atoms with Crippen LogP contribution in [-0.2, 0) is 22.6 Å². The Morgan fingerprint density at radius 2 is 1.60 bits per heavy atom. The van der Waals surface area contributed by atoms with Gasteiger partial charge in [-0.05, 0) is 48.9 Å². The first-order valence-corrected chi connectivity index (χ1v) is 12.7. The molecule has 0 heterocycles. The Morgan fingerprint density at radius 1 is 0.943 bits per heavy atom. The molecule has 0 spiro atoms. The van der Waals surface area contributed by atoms with Crippen LogP contribution in [0.1, 0.15) is 57.1 Å². The molecule has 2 aromatic carbocycles. The van der Waals surface area contributed by atoms with Crippen LogP contribution in [0.2, 0.25) is 0 Å². The monoisotopic (exact) mass is 485 g/mol. The van der Waals surface area contributed by atoms with Gasteiger partial charge in [0.1, 0.15) is 5.82 Å². The van der Waals surface area contributed by atoms with Gasteiger partial charge in [0, 0.05) is 39.0 Å². The quantitative estimate of drug-likeness (QED) is 0.338. The minimum atomic E-state index is -0.834. The summed E-state index contributed by atoms with van der Waals surface area (Å²) in [7, 11) is 0. The zero-order chi connectivity index (χ0) is 25.5. The molecular formula is C28H40FN3O3. The van der Waals surface area contributed by atoms with Crippen LogP contribution < -0.4 is 10.6 Å². The van der Waals surface area contributed by atoms with Gasteiger partial charge in [-0.1, -0.05) is 56.3 Å². The fourth-order valence-electron chi connectivity index (χ4n) is 4.00. The Hall–Kier alpha value is -2.77. The lowest BCUT2D eigenvalue weighted by molar-refractivity contribution is -0.131. The van der Waals surface area contributed by atoms with Crippen molar-refractivity contribution in [1.29, 1.82) is 0 Å². The van der Waals surface area contributed by atoms with Crippen molar-refractivity contribution in [2.75, 3.05) is 19.6 Å². The third-order valence-electron chi connectivity index (χ3n) is 5.84. The van der Waals surface area contributed by atoms with E-state index in [-0.39, 0.29) is 24.1 Å². The van der Waals surface area contributed by atoms with E-state index in [1.807, 2.05) is 49.1 Å². The number of nitrogens with zero attached hydrogens (tertiary/aromatic N) is 1. The van der Waals surface area contributed by atoms with Crippen LogP contribution in [0.4, 0.5) is 4.39 Å². The standard InChI is InChI=1S/C28H40FN3O3/c1-3-17-32(18-4-2)28(35)12-8-11-27(34)31-25(19-22-13-15-24(29)16-14-22)26(33)21-30-20-23-9-6-5-7-10-23/h5-7,9-10,13-16,25-26,30,33H,3-4,8,11-12,17-21H2,1-2H3,(H,31,34)/t25-,26+/m0/s1. The SMILES string of the molecule is CCCN(CCC)C(=O)CCCC(=O)N[C@@H](Cc1ccc(F)cc1)[C@H](O)CNCc1ccccc1. The number of carbonyl (C=O) groups excluding carboxylic acids is 2. The largest absolute Gasteiger partial charge is 0.390 e. The van der Waals surface area contributed by atoms with Crippen molar-refractivity contribution >= 4 is 11.8 Å². The predicted octanol–water partition coefficient (Wildman–Crippen LogP) is 3.82. The van der Waals surface area contributed by atoms with E-state index in [9.17, 15) is 19.1 Å². The molecule has 2 rings (SSSR count). The van der Waals surface area contributed by atoms with Crippen molar-refractivity contribution in [3.05, 3.63) is 71.5 Å². The van der Waals surface area contributed by atoms with Gasteiger partial charge in [-0.2, -0.15) is 0 Å². The molecule has 0 bridgehead atoms. The van der Waals surface area contributed by atoms with Crippen molar-refractivity contribution in [2.45, 2.75) is 71.1 Å². The first-order valence-electron chi connectivity index (χ1n) is 12.7. The number of rotatable bonds is 16. The highest BCUT2D eigenvalue weighted by Gasteiger charge is 2.22. The fourth-order valence-corrected chi connectivity index (χ4v) is 4.00. The Labute approximate surface area is 208 Å². The van der Waals surface area contributed by atoms with Gasteiger partial charge in [-0.3, -0.25) is 9.59 Å². The third-order valence-corrected chi connectivity index (χ3v) is 5.84. The van der Waals surface area contributed by atoms with Crippen molar-refractivity contribution < 1.29 is 19.1 Å². The number of aliphatic hydroxyl groups is 1. The molecule has 0 aliphatic rings. The van der Waals surface area contributed by atoms with Gasteiger partial charge in [-0.15, -0.1) is 0 Å². The Bertz CT molecular complexity index is 871. The van der Waals surface area contributed by atoms with E-state index in [4.69, 9.17) is 0 Å². The Balaban J connectivity index is 1.90. The maximum atomic E-state index is 13.3. The van der Waals surface area contributed by atoms with Crippen LogP contribution in [0.3, 0.4) is 0 Å². The van der Waals surface area contributed by atoms with E-state index >= 15 is 0 Å². The average Bonchev–Trinajstić information content (AvgIpc) is 2.85. The molecule has 3 N–H and O–H groups in total. The second-order valence-electron chi connectivity index (χ2n) is 8.92. The number of nitrogens with one attached hydrogen (secondary N) is 2. The molecule has 0 saturated heterocycles. The van der Waals surface area contributed by atoms with E-state index in [0.717, 1.165) is 37.1 Å². The van der Waals surface area contributed by atoms with Gasteiger partial charge in [0.25, 0.3) is 0 Å². The second-order valence-corrected chi connectivity index (χ2v) is 8.92. The Kier molecular flexibility index (Phi) is 13.0. The van der Waals surface area contributed by atoms with Gasteiger partial charge >= 0.3 is 0 Å². The van der Waals surface area contributed by atoms with Gasteiger partial charge < -0.3 is 20.6 Å². The average molecular weight is 486 g/mol. The number of aliphatic hydroxyl groups excluding tert-OH is 1. The molecule has 0 fully saturated rings. The minimum Gasteiger partial charge on any atom is -0.390 e. The number of carbonyl (C=O) groups is 2. The molecule has 2 atom stereocenters. The summed E-state index contributed by atoms with van der Waals surface area (Å²) < 4.78 is 13.3. The zero-order valence-electron chi connectivity index (χ0n) is 21.0. The summed E-state index contributed by atoms with van der Waals surface area (Å²) in [5.41, 5.74) is 1.92. The maximum absolute atomic E-state index is 13.3. The second kappa shape index (κ2) is 16.0. The molecular weight excluding hydrogens is 445 g/mol. The lowest BCUT2D eigenvalue weighted by atomic mass is 10.0. The van der Waals surface area contributed by atoms with Crippen LogP contribution in [-0.4, -0.2) is 53.6 Å². The molecule has 2 amide bonds. The number of halogens is 1. The molecule has 0 aromatic heterocycles. The van der Waals surface area contributed by atoms with Gasteiger partial charge in [0.15, 0.2) is 0 Å². The third kappa shape index (κ3) is 11.0. The smallest absolute Gasteiger partial charge is 0.222 e. The van der Waals surface area contributed by atoms with Crippen LogP contribution in [0, 0.1) is 5.82 Å². The summed E-state index contributed by atoms with van der Waals surface area (Å²) in [6.45, 7) is 6.46. The van der Waals surface area contributed by atoms with E-state index in [2.05, 4.69) is 10.6 Å². The molecule has 2 aromatic rings. The molecule has 0 aliphatic carbocycles. The maximum Gasteiger partial charge on any atom is 0.222 e. The zero-order valence-corrected chi connectivity index (χ0v) is 21.0. The van der Waals surface area contributed by atoms with E-state index < -0.39 is 12.1 Å². The van der Waals surface area contributed by atoms with Crippen molar-refractivity contribution in [3.63, 3.8) is 0 Å². The molecule has 7 heteroatoms.